The van der Waals surface area contributed by atoms with Gasteiger partial charge >= 0.3 is 6.09 Å². The molecule has 2 amide bonds. The Morgan fingerprint density at radius 3 is 2.40 bits per heavy atom. The molecule has 1 aliphatic heterocycles. The van der Waals surface area contributed by atoms with E-state index in [2.05, 4.69) is 10.6 Å². The van der Waals surface area contributed by atoms with Crippen LogP contribution >= 0.6 is 12.4 Å². The molecule has 45 heavy (non-hydrogen) atoms. The van der Waals surface area contributed by atoms with Gasteiger partial charge in [-0.25, -0.2) is 4.79 Å². The second-order valence-electron chi connectivity index (χ2n) is 11.7. The first-order valence-electron chi connectivity index (χ1n) is 14.7. The van der Waals surface area contributed by atoms with Gasteiger partial charge in [0.2, 0.25) is 11.6 Å². The Morgan fingerprint density at radius 2 is 1.82 bits per heavy atom. The minimum Gasteiger partial charge on any atom is -0.439 e. The number of Topliss-reactive ketones (excluding diaryl/α,β-unsaturated/α-hetero) is 1. The molecule has 0 aromatic heterocycles. The lowest BCUT2D eigenvalue weighted by Gasteiger charge is -2.30. The third-order valence-electron chi connectivity index (χ3n) is 7.65. The van der Waals surface area contributed by atoms with Crippen LogP contribution in [-0.4, -0.2) is 99.4 Å². The molecule has 0 saturated carbocycles. The summed E-state index contributed by atoms with van der Waals surface area (Å²) in [5.74, 6) is -2.06. The molecule has 0 saturated heterocycles. The normalized spacial score (nSPS) is 30.3. The molecule has 0 fully saturated rings. The highest BCUT2D eigenvalue weighted by Gasteiger charge is 2.33. The summed E-state index contributed by atoms with van der Waals surface area (Å²) < 4.78 is 16.6. The van der Waals surface area contributed by atoms with E-state index < -0.39 is 53.9 Å². The van der Waals surface area contributed by atoms with E-state index in [9.17, 15) is 24.3 Å². The number of halogens is 1. The number of aliphatic hydroxyl groups excluding tert-OH is 1. The number of nitrogens with zero attached hydrogens (tertiary/aromatic N) is 1. The lowest BCUT2D eigenvalue weighted by Crippen LogP contribution is -2.38. The van der Waals surface area contributed by atoms with E-state index in [4.69, 9.17) is 19.9 Å². The van der Waals surface area contributed by atoms with Gasteiger partial charge in [0.25, 0.3) is 5.91 Å². The number of aliphatic hydroxyl groups is 1. The van der Waals surface area contributed by atoms with Gasteiger partial charge in [0.15, 0.2) is 6.10 Å². The molecule has 13 heteroatoms. The molecule has 0 unspecified atom stereocenters. The summed E-state index contributed by atoms with van der Waals surface area (Å²) in [6.45, 7) is 8.09. The Labute approximate surface area is 272 Å². The van der Waals surface area contributed by atoms with E-state index in [1.54, 1.807) is 32.1 Å². The molecule has 2 aliphatic rings. The number of rotatable bonds is 7. The van der Waals surface area contributed by atoms with Gasteiger partial charge in [-0.3, -0.25) is 14.4 Å². The maximum Gasteiger partial charge on any atom is 0.405 e. The second kappa shape index (κ2) is 18.6. The minimum atomic E-state index is -0.997. The first-order valence-corrected chi connectivity index (χ1v) is 14.7. The highest BCUT2D eigenvalue weighted by molar-refractivity contribution is 6.23. The predicted octanol–water partition coefficient (Wildman–Crippen LogP) is 2.34. The maximum absolute atomic E-state index is 13.7. The minimum absolute atomic E-state index is 0. The zero-order chi connectivity index (χ0) is 33.1. The Bertz CT molecular complexity index is 1240. The predicted molar refractivity (Wildman–Crippen MR) is 173 cm³/mol. The van der Waals surface area contributed by atoms with Crippen molar-refractivity contribution in [3.8, 4) is 0 Å². The molecule has 2 rings (SSSR count). The van der Waals surface area contributed by atoms with Gasteiger partial charge in [0.1, 0.15) is 6.10 Å². The molecular formula is C32H49ClN4O8. The third kappa shape index (κ3) is 11.5. The maximum atomic E-state index is 13.7. The van der Waals surface area contributed by atoms with Crippen molar-refractivity contribution >= 4 is 36.0 Å². The largest absolute Gasteiger partial charge is 0.439 e. The average molecular weight is 653 g/mol. The number of methoxy groups -OCH3 is 2. The van der Waals surface area contributed by atoms with Crippen LogP contribution in [-0.2, 0) is 28.6 Å². The number of carbonyl (C=O) groups excluding carboxylic acids is 4. The van der Waals surface area contributed by atoms with E-state index >= 15 is 0 Å². The monoisotopic (exact) mass is 652 g/mol. The Hall–Kier alpha value is -3.29. The van der Waals surface area contributed by atoms with Crippen LogP contribution in [0, 0.1) is 11.8 Å². The quantitative estimate of drug-likeness (QED) is 0.237. The zero-order valence-corrected chi connectivity index (χ0v) is 28.2. The average Bonchev–Trinajstić information content (AvgIpc) is 2.95. The number of nitrogens with two attached hydrogens (primary N) is 1. The van der Waals surface area contributed by atoms with E-state index in [0.29, 0.717) is 25.1 Å². The molecule has 12 nitrogen and oxygen atoms in total. The van der Waals surface area contributed by atoms with Crippen LogP contribution in [0.5, 0.6) is 0 Å². The summed E-state index contributed by atoms with van der Waals surface area (Å²) >= 11 is 0. The zero-order valence-electron chi connectivity index (χ0n) is 27.4. The number of hydrogen-bond acceptors (Lipinski definition) is 10. The van der Waals surface area contributed by atoms with Crippen LogP contribution in [0.2, 0.25) is 0 Å². The molecule has 2 bridgehead atoms. The number of hydrogen-bond donors (Lipinski definition) is 4. The molecule has 0 radical (unpaired) electrons. The first kappa shape index (κ1) is 39.7. The van der Waals surface area contributed by atoms with E-state index in [0.717, 1.165) is 6.08 Å². The van der Waals surface area contributed by atoms with Crippen LogP contribution in [0.4, 0.5) is 4.79 Å². The van der Waals surface area contributed by atoms with Crippen LogP contribution in [0.3, 0.4) is 0 Å². The SMILES string of the molecule is CO[C@H]1/C=C/C=C(/C)C(=O)NC2=CC(=O)C(NCCN(C)C)=C(C[C@H](C)C[C@H](OC)[C@H](O)[C@@H](C)/C=C(\C)[C@@H]1OC(N)=O)C2=O.Cl. The second-order valence-corrected chi connectivity index (χ2v) is 11.7. The molecule has 1 aliphatic carbocycles. The summed E-state index contributed by atoms with van der Waals surface area (Å²) in [7, 11) is 6.74. The fourth-order valence-corrected chi connectivity index (χ4v) is 5.18. The number of primary amides is 1. The van der Waals surface area contributed by atoms with Gasteiger partial charge < -0.3 is 40.6 Å². The number of fused-ring (bicyclic) bond motifs is 2. The van der Waals surface area contributed by atoms with Crippen LogP contribution in [0.15, 0.2) is 58.5 Å². The molecule has 6 atom stereocenters. The highest BCUT2D eigenvalue weighted by Crippen LogP contribution is 2.28. The Morgan fingerprint density at radius 1 is 1.16 bits per heavy atom. The molecule has 1 heterocycles. The van der Waals surface area contributed by atoms with Gasteiger partial charge in [-0.1, -0.05) is 38.2 Å². The van der Waals surface area contributed by atoms with E-state index in [1.807, 2.05) is 32.8 Å². The van der Waals surface area contributed by atoms with Crippen molar-refractivity contribution in [3.05, 3.63) is 58.5 Å². The van der Waals surface area contributed by atoms with Crippen molar-refractivity contribution in [1.82, 2.24) is 15.5 Å². The van der Waals surface area contributed by atoms with Crippen molar-refractivity contribution in [1.29, 1.82) is 0 Å². The molecule has 0 spiro atoms. The van der Waals surface area contributed by atoms with E-state index in [1.165, 1.54) is 20.3 Å². The lowest BCUT2D eigenvalue weighted by atomic mass is 9.85. The van der Waals surface area contributed by atoms with Crippen molar-refractivity contribution in [2.45, 2.75) is 65.0 Å². The smallest absolute Gasteiger partial charge is 0.405 e. The van der Waals surface area contributed by atoms with Gasteiger partial charge in [-0.05, 0) is 52.3 Å². The Balaban J connectivity index is 0.0000101. The molecule has 5 N–H and O–H groups in total. The van der Waals surface area contributed by atoms with Crippen molar-refractivity contribution < 1.29 is 38.5 Å². The van der Waals surface area contributed by atoms with Crippen molar-refractivity contribution in [2.24, 2.45) is 17.6 Å². The van der Waals surface area contributed by atoms with Gasteiger partial charge in [-0.15, -0.1) is 12.4 Å². The van der Waals surface area contributed by atoms with E-state index in [-0.39, 0.29) is 47.3 Å². The number of likely N-dealkylation sites (N-methyl/N-ethyl adjacent to an activating group) is 1. The number of allylic oxidation sites excluding steroid dienone is 4. The van der Waals surface area contributed by atoms with Crippen LogP contribution < -0.4 is 16.4 Å². The van der Waals surface area contributed by atoms with Gasteiger partial charge in [0.05, 0.1) is 23.6 Å². The number of carbonyl (C=O) groups is 4. The first-order chi connectivity index (χ1) is 20.7. The fourth-order valence-electron chi connectivity index (χ4n) is 5.18. The Kier molecular flexibility index (Phi) is 16.4. The summed E-state index contributed by atoms with van der Waals surface area (Å²) in [6.07, 6.45) is 3.88. The molecule has 0 aromatic rings. The summed E-state index contributed by atoms with van der Waals surface area (Å²) in [6, 6.07) is 0. The lowest BCUT2D eigenvalue weighted by molar-refractivity contribution is -0.120. The summed E-state index contributed by atoms with van der Waals surface area (Å²) in [4.78, 5) is 53.7. The van der Waals surface area contributed by atoms with Gasteiger partial charge in [-0.2, -0.15) is 0 Å². The van der Waals surface area contributed by atoms with Crippen LogP contribution in [0.1, 0.15) is 40.5 Å². The van der Waals surface area contributed by atoms with Crippen LogP contribution in [0.25, 0.3) is 0 Å². The van der Waals surface area contributed by atoms with Gasteiger partial charge in [0, 0.05) is 50.4 Å². The molecular weight excluding hydrogens is 604 g/mol. The number of ether oxygens (including phenoxy) is 3. The topological polar surface area (TPSA) is 170 Å². The standard InChI is InChI=1S/C32H48N4O8.ClH/c1-18-14-22-27(34-12-13-36(5)6)24(37)17-23(29(22)39)35-31(40)19(2)10-9-11-25(42-7)30(44-32(33)41)21(4)16-20(3)28(38)26(15-18)43-8;/h9-11,16-18,20,25-26,28,30,34,38H,12-15H2,1-8H3,(H2,33,41)(H,35,40);1H/b11-9+,19-10-,21-16+;/t18-,20-,25-,26-,28+,30-;/m0./s1. The van der Waals surface area contributed by atoms with Crippen molar-refractivity contribution in [3.63, 3.8) is 0 Å². The third-order valence-corrected chi connectivity index (χ3v) is 7.65. The van der Waals surface area contributed by atoms with Crippen molar-refractivity contribution in [2.75, 3.05) is 41.4 Å². The fraction of sp³-hybridized carbons (Fsp3) is 0.562. The number of amides is 2. The number of ketones is 2. The molecule has 0 aromatic carbocycles. The number of nitrogens with one attached hydrogen (secondary N) is 2. The molecule has 252 valence electrons. The summed E-state index contributed by atoms with van der Waals surface area (Å²) in [5.41, 5.74) is 6.55. The summed E-state index contributed by atoms with van der Waals surface area (Å²) in [5, 5.41) is 17.0. The highest BCUT2D eigenvalue weighted by atomic mass is 35.5.